The van der Waals surface area contributed by atoms with Gasteiger partial charge in [0.2, 0.25) is 23.2 Å². The van der Waals surface area contributed by atoms with Crippen molar-refractivity contribution in [3.63, 3.8) is 0 Å². The van der Waals surface area contributed by atoms with Crippen LogP contribution >= 0.6 is 27.7 Å². The van der Waals surface area contributed by atoms with E-state index in [1.165, 1.54) is 30.5 Å². The van der Waals surface area contributed by atoms with E-state index in [4.69, 9.17) is 9.47 Å². The highest BCUT2D eigenvalue weighted by Crippen LogP contribution is 2.45. The molecule has 5 rings (SSSR count). The Labute approximate surface area is 226 Å². The molecule has 37 heavy (non-hydrogen) atoms. The lowest BCUT2D eigenvalue weighted by Crippen LogP contribution is -2.36. The molecule has 0 bridgehead atoms. The van der Waals surface area contributed by atoms with Crippen LogP contribution in [0.5, 0.6) is 11.6 Å². The smallest absolute Gasteiger partial charge is 0.308 e. The molecule has 1 amide bonds. The number of esters is 1. The summed E-state index contributed by atoms with van der Waals surface area (Å²) in [5, 5.41) is 9.24. The van der Waals surface area contributed by atoms with Crippen LogP contribution in [0.25, 0.3) is 11.3 Å². The number of carbonyl (C=O) groups excluding carboxylic acids is 2. The first-order chi connectivity index (χ1) is 17.9. The molecule has 0 saturated carbocycles. The first-order valence-electron chi connectivity index (χ1n) is 11.4. The molecule has 186 valence electrons. The lowest BCUT2D eigenvalue weighted by atomic mass is 10.1. The van der Waals surface area contributed by atoms with Crippen LogP contribution in [0.3, 0.4) is 0 Å². The average Bonchev–Trinajstić information content (AvgIpc) is 3.03. The van der Waals surface area contributed by atoms with Gasteiger partial charge in [-0.1, -0.05) is 76.2 Å². The molecule has 10 heteroatoms. The number of hydrogen-bond acceptors (Lipinski definition) is 8. The van der Waals surface area contributed by atoms with Crippen LogP contribution in [0.1, 0.15) is 31.2 Å². The van der Waals surface area contributed by atoms with Crippen molar-refractivity contribution in [3.8, 4) is 22.9 Å². The van der Waals surface area contributed by atoms with Gasteiger partial charge in [0.05, 0.1) is 5.69 Å². The summed E-state index contributed by atoms with van der Waals surface area (Å²) in [4.78, 5) is 30.8. The first kappa shape index (κ1) is 24.9. The zero-order valence-corrected chi connectivity index (χ0v) is 22.3. The monoisotopic (exact) mass is 576 g/mol. The molecule has 1 aromatic heterocycles. The van der Waals surface area contributed by atoms with Crippen molar-refractivity contribution in [1.29, 1.82) is 0 Å². The van der Waals surface area contributed by atoms with Gasteiger partial charge in [0.15, 0.2) is 5.69 Å². The van der Waals surface area contributed by atoms with Gasteiger partial charge in [-0.25, -0.2) is 0 Å². The van der Waals surface area contributed by atoms with E-state index in [1.54, 1.807) is 18.2 Å². The molecule has 1 aliphatic rings. The number of nitrogens with zero attached hydrogens (tertiary/aromatic N) is 4. The third kappa shape index (κ3) is 5.35. The van der Waals surface area contributed by atoms with Crippen LogP contribution in [0.15, 0.2) is 82.4 Å². The summed E-state index contributed by atoms with van der Waals surface area (Å²) in [6.45, 7) is 2.79. The highest BCUT2D eigenvalue weighted by Gasteiger charge is 2.35. The van der Waals surface area contributed by atoms with Crippen molar-refractivity contribution in [3.05, 3.63) is 88.4 Å². The Morgan fingerprint density at radius 2 is 1.78 bits per heavy atom. The van der Waals surface area contributed by atoms with Crippen molar-refractivity contribution in [2.45, 2.75) is 31.0 Å². The molecule has 8 nitrogen and oxygen atoms in total. The van der Waals surface area contributed by atoms with E-state index >= 15 is 0 Å². The number of aromatic nitrogens is 3. The van der Waals surface area contributed by atoms with E-state index < -0.39 is 12.2 Å². The first-order valence-corrected chi connectivity index (χ1v) is 13.1. The summed E-state index contributed by atoms with van der Waals surface area (Å²) in [5.41, 5.74) is 3.41. The molecular formula is C27H21BrN4O4S. The SMILES string of the molecule is CC(=O)Oc1ccc(Br)c([C@@H]2Oc3nc(SCc4ccccc4)nnc3-c3ccccc3N2C(C)=O)c1. The van der Waals surface area contributed by atoms with E-state index in [0.717, 1.165) is 5.56 Å². The number of thioether (sulfide) groups is 1. The average molecular weight is 577 g/mol. The minimum atomic E-state index is -0.923. The standard InChI is InChI=1S/C27H21BrN4O4S/c1-16(33)32-23-11-7-6-10-20(23)24-25(29-27(31-30-24)37-15-18-8-4-3-5-9-18)36-26(32)21-14-19(35-17(2)34)12-13-22(21)28/h3-14,26H,15H2,1-2H3/t26-/m0/s1. The van der Waals surface area contributed by atoms with E-state index in [9.17, 15) is 9.59 Å². The molecular weight excluding hydrogens is 556 g/mol. The fourth-order valence-electron chi connectivity index (χ4n) is 3.98. The van der Waals surface area contributed by atoms with Crippen molar-refractivity contribution >= 4 is 45.3 Å². The predicted octanol–water partition coefficient (Wildman–Crippen LogP) is 5.96. The van der Waals surface area contributed by atoms with E-state index in [2.05, 4.69) is 31.1 Å². The molecule has 0 saturated heterocycles. The number of fused-ring (bicyclic) bond motifs is 3. The van der Waals surface area contributed by atoms with Gasteiger partial charge in [0.25, 0.3) is 0 Å². The Bertz CT molecular complexity index is 1480. The van der Waals surface area contributed by atoms with Crippen LogP contribution in [-0.2, 0) is 15.3 Å². The zero-order chi connectivity index (χ0) is 25.9. The van der Waals surface area contributed by atoms with Crippen LogP contribution in [0.4, 0.5) is 5.69 Å². The number of rotatable bonds is 5. The summed E-state index contributed by atoms with van der Waals surface area (Å²) < 4.78 is 12.4. The molecule has 4 aromatic rings. The topological polar surface area (TPSA) is 94.5 Å². The quantitative estimate of drug-likeness (QED) is 0.163. The van der Waals surface area contributed by atoms with E-state index in [1.807, 2.05) is 54.6 Å². The van der Waals surface area contributed by atoms with E-state index in [-0.39, 0.29) is 11.8 Å². The van der Waals surface area contributed by atoms with Gasteiger partial charge < -0.3 is 9.47 Å². The fraction of sp³-hybridized carbons (Fsp3) is 0.148. The second-order valence-corrected chi connectivity index (χ2v) is 9.97. The normalized spacial score (nSPS) is 14.1. The largest absolute Gasteiger partial charge is 0.447 e. The maximum absolute atomic E-state index is 13.0. The molecule has 1 aliphatic heterocycles. The summed E-state index contributed by atoms with van der Waals surface area (Å²) in [6, 6.07) is 22.4. The highest BCUT2D eigenvalue weighted by molar-refractivity contribution is 9.10. The van der Waals surface area contributed by atoms with Crippen LogP contribution < -0.4 is 14.4 Å². The van der Waals surface area contributed by atoms with Crippen molar-refractivity contribution in [2.75, 3.05) is 4.90 Å². The number of amides is 1. The lowest BCUT2D eigenvalue weighted by Gasteiger charge is -2.30. The van der Waals surface area contributed by atoms with Crippen molar-refractivity contribution < 1.29 is 19.1 Å². The zero-order valence-electron chi connectivity index (χ0n) is 19.9. The highest BCUT2D eigenvalue weighted by atomic mass is 79.9. The van der Waals surface area contributed by atoms with Gasteiger partial charge in [-0.2, -0.15) is 4.98 Å². The fourth-order valence-corrected chi connectivity index (χ4v) is 5.16. The maximum atomic E-state index is 13.0. The Hall–Kier alpha value is -3.76. The number of carbonyl (C=O) groups is 2. The van der Waals surface area contributed by atoms with Crippen LogP contribution in [0, 0.1) is 0 Å². The van der Waals surface area contributed by atoms with Crippen molar-refractivity contribution in [1.82, 2.24) is 15.2 Å². The van der Waals surface area contributed by atoms with Crippen LogP contribution in [-0.4, -0.2) is 27.1 Å². The predicted molar refractivity (Wildman–Crippen MR) is 143 cm³/mol. The van der Waals surface area contributed by atoms with E-state index in [0.29, 0.717) is 43.6 Å². The summed E-state index contributed by atoms with van der Waals surface area (Å²) in [7, 11) is 0. The molecule has 3 aromatic carbocycles. The molecule has 0 fully saturated rings. The van der Waals surface area contributed by atoms with Gasteiger partial charge in [0.1, 0.15) is 5.75 Å². The number of anilines is 1. The maximum Gasteiger partial charge on any atom is 0.308 e. The van der Waals surface area contributed by atoms with Gasteiger partial charge in [0, 0.05) is 35.2 Å². The number of halogens is 1. The van der Waals surface area contributed by atoms with Gasteiger partial charge in [-0.15, -0.1) is 10.2 Å². The number of para-hydroxylation sites is 1. The molecule has 0 unspecified atom stereocenters. The molecule has 0 N–H and O–H groups in total. The summed E-state index contributed by atoms with van der Waals surface area (Å²) in [5.74, 6) is 0.538. The molecule has 1 atom stereocenters. The Balaban J connectivity index is 1.61. The van der Waals surface area contributed by atoms with Crippen molar-refractivity contribution in [2.24, 2.45) is 0 Å². The Kier molecular flexibility index (Phi) is 7.20. The summed E-state index contributed by atoms with van der Waals surface area (Å²) >= 11 is 5.01. The van der Waals surface area contributed by atoms with Gasteiger partial charge >= 0.3 is 5.97 Å². The number of hydrogen-bond donors (Lipinski definition) is 0. The molecule has 0 spiro atoms. The van der Waals surface area contributed by atoms with Gasteiger partial charge in [-0.05, 0) is 29.8 Å². The Morgan fingerprint density at radius 1 is 1.03 bits per heavy atom. The van der Waals surface area contributed by atoms with Crippen LogP contribution in [0.2, 0.25) is 0 Å². The minimum absolute atomic E-state index is 0.247. The lowest BCUT2D eigenvalue weighted by molar-refractivity contribution is -0.132. The molecule has 2 heterocycles. The molecule has 0 aliphatic carbocycles. The third-order valence-corrected chi connectivity index (χ3v) is 7.19. The summed E-state index contributed by atoms with van der Waals surface area (Å²) in [6.07, 6.45) is -0.923. The minimum Gasteiger partial charge on any atom is -0.447 e. The van der Waals surface area contributed by atoms with Gasteiger partial charge in [-0.3, -0.25) is 14.5 Å². The number of ether oxygens (including phenoxy) is 2. The Morgan fingerprint density at radius 3 is 2.54 bits per heavy atom. The number of benzene rings is 3. The second kappa shape index (κ2) is 10.7. The second-order valence-electron chi connectivity index (χ2n) is 8.18. The third-order valence-electron chi connectivity index (χ3n) is 5.56. The molecule has 0 radical (unpaired) electrons.